The van der Waals surface area contributed by atoms with Crippen LogP contribution in [0.4, 0.5) is 5.69 Å². The number of hydrogen-bond donors (Lipinski definition) is 1. The van der Waals surface area contributed by atoms with Crippen LogP contribution in [0.15, 0.2) is 48.8 Å². The van der Waals surface area contributed by atoms with Crippen molar-refractivity contribution < 1.29 is 9.72 Å². The fourth-order valence-electron chi connectivity index (χ4n) is 2.70. The van der Waals surface area contributed by atoms with Gasteiger partial charge in [-0.1, -0.05) is 6.07 Å². The molecule has 3 aromatic rings. The van der Waals surface area contributed by atoms with Gasteiger partial charge in [-0.15, -0.1) is 0 Å². The Balaban J connectivity index is 1.56. The first kappa shape index (κ1) is 16.6. The first-order valence-corrected chi connectivity index (χ1v) is 7.99. The first-order valence-electron chi connectivity index (χ1n) is 7.99. The predicted molar refractivity (Wildman–Crippen MR) is 94.5 cm³/mol. The summed E-state index contributed by atoms with van der Waals surface area (Å²) in [4.78, 5) is 27.0. The van der Waals surface area contributed by atoms with Crippen LogP contribution < -0.4 is 5.32 Å². The fourth-order valence-corrected chi connectivity index (χ4v) is 2.70. The van der Waals surface area contributed by atoms with E-state index in [0.29, 0.717) is 17.7 Å². The van der Waals surface area contributed by atoms with Gasteiger partial charge in [0, 0.05) is 48.1 Å². The minimum atomic E-state index is -0.476. The molecule has 0 atom stereocenters. The molecule has 0 spiro atoms. The van der Waals surface area contributed by atoms with Crippen LogP contribution in [-0.4, -0.2) is 26.9 Å². The molecular formula is C18H18N4O3. The van der Waals surface area contributed by atoms with E-state index < -0.39 is 4.92 Å². The minimum Gasteiger partial charge on any atom is -0.352 e. The summed E-state index contributed by atoms with van der Waals surface area (Å²) < 4.78 is 2.04. The topological polar surface area (TPSA) is 90.1 Å². The zero-order valence-corrected chi connectivity index (χ0v) is 13.8. The van der Waals surface area contributed by atoms with Crippen molar-refractivity contribution >= 4 is 22.6 Å². The van der Waals surface area contributed by atoms with E-state index in [2.05, 4.69) is 10.3 Å². The standard InChI is InChI=1S/C18H18N4O3/c1-13-5-6-15(12-16(13)22(24)25)18(23)20-9-3-10-21-11-7-14-4-2-8-19-17(14)21/h2,4-8,11-12H,3,9-10H2,1H3,(H,20,23). The number of nitrogens with one attached hydrogen (secondary N) is 1. The van der Waals surface area contributed by atoms with Gasteiger partial charge in [0.2, 0.25) is 0 Å². The summed E-state index contributed by atoms with van der Waals surface area (Å²) >= 11 is 0. The molecular weight excluding hydrogens is 320 g/mol. The Bertz CT molecular complexity index is 933. The number of nitro groups is 1. The van der Waals surface area contributed by atoms with Crippen LogP contribution in [0, 0.1) is 17.0 Å². The van der Waals surface area contributed by atoms with Crippen molar-refractivity contribution in [3.63, 3.8) is 0 Å². The summed E-state index contributed by atoms with van der Waals surface area (Å²) in [6, 6.07) is 10.4. The lowest BCUT2D eigenvalue weighted by Gasteiger charge is -2.07. The average molecular weight is 338 g/mol. The molecule has 2 aromatic heterocycles. The number of amides is 1. The van der Waals surface area contributed by atoms with Crippen LogP contribution in [0.2, 0.25) is 0 Å². The van der Waals surface area contributed by atoms with Gasteiger partial charge in [0.15, 0.2) is 0 Å². The van der Waals surface area contributed by atoms with E-state index in [1.165, 1.54) is 6.07 Å². The number of benzene rings is 1. The molecule has 0 saturated carbocycles. The lowest BCUT2D eigenvalue weighted by Crippen LogP contribution is -2.25. The summed E-state index contributed by atoms with van der Waals surface area (Å²) in [6.07, 6.45) is 4.47. The highest BCUT2D eigenvalue weighted by molar-refractivity contribution is 5.94. The Kier molecular flexibility index (Phi) is 4.74. The van der Waals surface area contributed by atoms with Crippen molar-refractivity contribution in [1.29, 1.82) is 0 Å². The predicted octanol–water partition coefficient (Wildman–Crippen LogP) is 3.07. The van der Waals surface area contributed by atoms with Gasteiger partial charge in [0.05, 0.1) is 4.92 Å². The highest BCUT2D eigenvalue weighted by Gasteiger charge is 2.14. The number of fused-ring (bicyclic) bond motifs is 1. The largest absolute Gasteiger partial charge is 0.352 e. The van der Waals surface area contributed by atoms with E-state index in [4.69, 9.17) is 0 Å². The third-order valence-electron chi connectivity index (χ3n) is 4.05. The molecule has 0 unspecified atom stereocenters. The van der Waals surface area contributed by atoms with Crippen LogP contribution in [-0.2, 0) is 6.54 Å². The van der Waals surface area contributed by atoms with Crippen molar-refractivity contribution in [2.24, 2.45) is 0 Å². The highest BCUT2D eigenvalue weighted by Crippen LogP contribution is 2.19. The lowest BCUT2D eigenvalue weighted by atomic mass is 10.1. The third-order valence-corrected chi connectivity index (χ3v) is 4.05. The molecule has 0 bridgehead atoms. The van der Waals surface area contributed by atoms with E-state index in [9.17, 15) is 14.9 Å². The Morgan fingerprint density at radius 2 is 2.16 bits per heavy atom. The second-order valence-electron chi connectivity index (χ2n) is 5.79. The second-order valence-corrected chi connectivity index (χ2v) is 5.79. The molecule has 7 heteroatoms. The number of rotatable bonds is 6. The second kappa shape index (κ2) is 7.12. The number of nitrogens with zero attached hydrogens (tertiary/aromatic N) is 3. The van der Waals surface area contributed by atoms with E-state index in [0.717, 1.165) is 24.0 Å². The van der Waals surface area contributed by atoms with Gasteiger partial charge >= 0.3 is 0 Å². The van der Waals surface area contributed by atoms with Crippen LogP contribution in [0.1, 0.15) is 22.3 Å². The van der Waals surface area contributed by atoms with Gasteiger partial charge in [-0.3, -0.25) is 14.9 Å². The van der Waals surface area contributed by atoms with Crippen molar-refractivity contribution in [2.45, 2.75) is 19.9 Å². The molecule has 0 fully saturated rings. The van der Waals surface area contributed by atoms with E-state index in [-0.39, 0.29) is 11.6 Å². The third kappa shape index (κ3) is 3.65. The molecule has 1 aromatic carbocycles. The highest BCUT2D eigenvalue weighted by atomic mass is 16.6. The monoisotopic (exact) mass is 338 g/mol. The molecule has 128 valence electrons. The number of carbonyl (C=O) groups excluding carboxylic acids is 1. The summed E-state index contributed by atoms with van der Waals surface area (Å²) in [7, 11) is 0. The molecule has 0 aliphatic heterocycles. The Labute approximate surface area is 144 Å². The van der Waals surface area contributed by atoms with Gasteiger partial charge in [0.1, 0.15) is 5.65 Å². The first-order chi connectivity index (χ1) is 12.1. The van der Waals surface area contributed by atoms with Gasteiger partial charge in [0.25, 0.3) is 11.6 Å². The fraction of sp³-hybridized carbons (Fsp3) is 0.222. The Morgan fingerprint density at radius 3 is 2.96 bits per heavy atom. The maximum absolute atomic E-state index is 12.2. The lowest BCUT2D eigenvalue weighted by molar-refractivity contribution is -0.385. The number of nitro benzene ring substituents is 1. The van der Waals surface area contributed by atoms with Gasteiger partial charge < -0.3 is 9.88 Å². The van der Waals surface area contributed by atoms with Crippen molar-refractivity contribution in [3.8, 4) is 0 Å². The maximum Gasteiger partial charge on any atom is 0.273 e. The van der Waals surface area contributed by atoms with Crippen molar-refractivity contribution in [3.05, 3.63) is 70.0 Å². The molecule has 7 nitrogen and oxygen atoms in total. The normalized spacial score (nSPS) is 10.8. The molecule has 25 heavy (non-hydrogen) atoms. The summed E-state index contributed by atoms with van der Waals surface area (Å²) in [5, 5.41) is 14.8. The SMILES string of the molecule is Cc1ccc(C(=O)NCCCn2ccc3cccnc32)cc1[N+](=O)[O-]. The summed E-state index contributed by atoms with van der Waals surface area (Å²) in [5.74, 6) is -0.307. The van der Waals surface area contributed by atoms with Crippen LogP contribution in [0.3, 0.4) is 0 Å². The maximum atomic E-state index is 12.2. The smallest absolute Gasteiger partial charge is 0.273 e. The molecule has 0 aliphatic rings. The molecule has 0 aliphatic carbocycles. The molecule has 3 rings (SSSR count). The van der Waals surface area contributed by atoms with Gasteiger partial charge in [-0.2, -0.15) is 0 Å². The van der Waals surface area contributed by atoms with E-state index in [1.54, 1.807) is 25.3 Å². The van der Waals surface area contributed by atoms with Crippen molar-refractivity contribution in [2.75, 3.05) is 6.54 Å². The number of pyridine rings is 1. The van der Waals surface area contributed by atoms with Crippen molar-refractivity contribution in [1.82, 2.24) is 14.9 Å². The zero-order valence-electron chi connectivity index (χ0n) is 13.8. The number of hydrogen-bond acceptors (Lipinski definition) is 4. The molecule has 1 N–H and O–H groups in total. The number of carbonyl (C=O) groups is 1. The Hall–Kier alpha value is -3.22. The Morgan fingerprint density at radius 1 is 1.32 bits per heavy atom. The molecule has 2 heterocycles. The van der Waals surface area contributed by atoms with Gasteiger partial charge in [-0.05, 0) is 37.6 Å². The quantitative estimate of drug-likeness (QED) is 0.425. The van der Waals surface area contributed by atoms with Crippen LogP contribution >= 0.6 is 0 Å². The van der Waals surface area contributed by atoms with Crippen LogP contribution in [0.25, 0.3) is 11.0 Å². The van der Waals surface area contributed by atoms with Crippen LogP contribution in [0.5, 0.6) is 0 Å². The molecule has 0 saturated heterocycles. The number of aryl methyl sites for hydroxylation is 2. The molecule has 0 radical (unpaired) electrons. The molecule has 1 amide bonds. The zero-order chi connectivity index (χ0) is 17.8. The summed E-state index contributed by atoms with van der Waals surface area (Å²) in [5.41, 5.74) is 1.71. The minimum absolute atomic E-state index is 0.0439. The number of aromatic nitrogens is 2. The van der Waals surface area contributed by atoms with E-state index in [1.807, 2.05) is 29.0 Å². The van der Waals surface area contributed by atoms with Gasteiger partial charge in [-0.25, -0.2) is 4.98 Å². The van der Waals surface area contributed by atoms with E-state index >= 15 is 0 Å². The summed E-state index contributed by atoms with van der Waals surface area (Å²) in [6.45, 7) is 2.86. The average Bonchev–Trinajstić information content (AvgIpc) is 3.02.